The summed E-state index contributed by atoms with van der Waals surface area (Å²) in [5.74, 6) is -16.0. The number of benzene rings is 4. The Morgan fingerprint density at radius 1 is 0.688 bits per heavy atom. The molecule has 0 unspecified atom stereocenters. The molecule has 0 saturated heterocycles. The second kappa shape index (κ2) is 13.7. The van der Waals surface area contributed by atoms with Crippen LogP contribution in [0.15, 0.2) is 78.9 Å². The first-order valence-electron chi connectivity index (χ1n) is 14.7. The zero-order valence-electron chi connectivity index (χ0n) is 25.8. The highest BCUT2D eigenvalue weighted by molar-refractivity contribution is 5.85. The fourth-order valence-corrected chi connectivity index (χ4v) is 5.34. The predicted octanol–water partition coefficient (Wildman–Crippen LogP) is 7.46. The topological polar surface area (TPSA) is 103 Å². The van der Waals surface area contributed by atoms with Crippen molar-refractivity contribution >= 4 is 18.2 Å². The number of hydrogen-bond acceptors (Lipinski definition) is 6. The van der Waals surface area contributed by atoms with E-state index in [4.69, 9.17) is 14.2 Å². The van der Waals surface area contributed by atoms with E-state index < -0.39 is 76.6 Å². The molecule has 0 bridgehead atoms. The minimum atomic E-state index is -2.47. The molecule has 2 amide bonds. The first kappa shape index (κ1) is 33.9. The van der Waals surface area contributed by atoms with Crippen LogP contribution in [0.5, 0.6) is 5.75 Å². The number of fused-ring (bicyclic) bond motifs is 3. The lowest BCUT2D eigenvalue weighted by Gasteiger charge is -2.29. The SMILES string of the molecule is CC(C)(C)OC(=O)N[C@H](c1ccccc1)[C@H](NC(=O)OCC1c2ccccc2-c2ccccc21)C(=O)Oc1c(F)c(F)c(F)c(F)c1F. The molecule has 1 aliphatic rings. The average molecular weight is 669 g/mol. The smallest absolute Gasteiger partial charge is 0.408 e. The fraction of sp³-hybridized carbons (Fsp3) is 0.229. The summed E-state index contributed by atoms with van der Waals surface area (Å²) in [5, 5.41) is 4.66. The zero-order chi connectivity index (χ0) is 34.7. The predicted molar refractivity (Wildman–Crippen MR) is 162 cm³/mol. The normalized spacial score (nSPS) is 13.5. The maximum absolute atomic E-state index is 14.5. The van der Waals surface area contributed by atoms with Crippen LogP contribution in [0.25, 0.3) is 11.1 Å². The Morgan fingerprint density at radius 3 is 1.73 bits per heavy atom. The van der Waals surface area contributed by atoms with Gasteiger partial charge in [0, 0.05) is 5.92 Å². The van der Waals surface area contributed by atoms with Gasteiger partial charge >= 0.3 is 18.2 Å². The van der Waals surface area contributed by atoms with Crippen LogP contribution in [0.4, 0.5) is 31.5 Å². The zero-order valence-corrected chi connectivity index (χ0v) is 25.8. The molecule has 13 heteroatoms. The van der Waals surface area contributed by atoms with Gasteiger partial charge in [-0.25, -0.2) is 27.6 Å². The van der Waals surface area contributed by atoms with Gasteiger partial charge in [0.1, 0.15) is 12.2 Å². The van der Waals surface area contributed by atoms with Crippen molar-refractivity contribution in [1.82, 2.24) is 10.6 Å². The van der Waals surface area contributed by atoms with E-state index >= 15 is 0 Å². The van der Waals surface area contributed by atoms with Crippen molar-refractivity contribution in [1.29, 1.82) is 0 Å². The van der Waals surface area contributed by atoms with Gasteiger partial charge in [-0.1, -0.05) is 78.9 Å². The van der Waals surface area contributed by atoms with Gasteiger partial charge in [0.2, 0.25) is 34.8 Å². The lowest BCUT2D eigenvalue weighted by atomic mass is 9.98. The number of alkyl carbamates (subject to hydrolysis) is 2. The van der Waals surface area contributed by atoms with Crippen molar-refractivity contribution in [3.63, 3.8) is 0 Å². The molecule has 1 aliphatic carbocycles. The molecule has 0 heterocycles. The fourth-order valence-electron chi connectivity index (χ4n) is 5.34. The van der Waals surface area contributed by atoms with E-state index in [2.05, 4.69) is 10.6 Å². The van der Waals surface area contributed by atoms with E-state index in [0.29, 0.717) is 0 Å². The largest absolute Gasteiger partial charge is 0.449 e. The van der Waals surface area contributed by atoms with E-state index in [0.717, 1.165) is 22.3 Å². The second-order valence-corrected chi connectivity index (χ2v) is 11.8. The van der Waals surface area contributed by atoms with Crippen molar-refractivity contribution in [2.45, 2.75) is 44.4 Å². The van der Waals surface area contributed by atoms with Crippen molar-refractivity contribution in [2.75, 3.05) is 6.61 Å². The number of carbonyl (C=O) groups is 3. The Morgan fingerprint density at radius 2 is 1.19 bits per heavy atom. The van der Waals surface area contributed by atoms with Gasteiger partial charge in [0.15, 0.2) is 6.04 Å². The molecule has 5 rings (SSSR count). The van der Waals surface area contributed by atoms with E-state index in [1.807, 2.05) is 48.5 Å². The van der Waals surface area contributed by atoms with Crippen LogP contribution in [0.3, 0.4) is 0 Å². The lowest BCUT2D eigenvalue weighted by molar-refractivity contribution is -0.138. The number of amides is 2. The Kier molecular flexibility index (Phi) is 9.69. The first-order valence-corrected chi connectivity index (χ1v) is 14.7. The van der Waals surface area contributed by atoms with Gasteiger partial charge in [-0.3, -0.25) is 0 Å². The van der Waals surface area contributed by atoms with E-state index in [1.54, 1.807) is 26.8 Å². The summed E-state index contributed by atoms with van der Waals surface area (Å²) in [7, 11) is 0. The summed E-state index contributed by atoms with van der Waals surface area (Å²) >= 11 is 0. The van der Waals surface area contributed by atoms with Crippen molar-refractivity contribution in [3.05, 3.63) is 125 Å². The summed E-state index contributed by atoms with van der Waals surface area (Å²) in [4.78, 5) is 39.8. The van der Waals surface area contributed by atoms with Gasteiger partial charge in [0.05, 0.1) is 6.04 Å². The number of ether oxygens (including phenoxy) is 3. The summed E-state index contributed by atoms with van der Waals surface area (Å²) in [5.41, 5.74) is 2.79. The average Bonchev–Trinajstić information content (AvgIpc) is 3.38. The molecule has 4 aromatic rings. The van der Waals surface area contributed by atoms with Crippen LogP contribution in [0.1, 0.15) is 49.4 Å². The van der Waals surface area contributed by atoms with Crippen LogP contribution in [0.2, 0.25) is 0 Å². The number of esters is 1. The maximum atomic E-state index is 14.5. The van der Waals surface area contributed by atoms with E-state index in [1.165, 1.54) is 24.3 Å². The van der Waals surface area contributed by atoms with Crippen LogP contribution in [0, 0.1) is 29.1 Å². The van der Waals surface area contributed by atoms with Crippen molar-refractivity contribution in [3.8, 4) is 16.9 Å². The molecular weight excluding hydrogens is 639 g/mol. The minimum absolute atomic E-state index is 0.168. The molecule has 0 spiro atoms. The third-order valence-electron chi connectivity index (χ3n) is 7.41. The lowest BCUT2D eigenvalue weighted by Crippen LogP contribution is -2.53. The van der Waals surface area contributed by atoms with Gasteiger partial charge in [-0.05, 0) is 48.6 Å². The highest BCUT2D eigenvalue weighted by atomic mass is 19.2. The van der Waals surface area contributed by atoms with Crippen molar-refractivity contribution < 1.29 is 50.5 Å². The van der Waals surface area contributed by atoms with Crippen molar-refractivity contribution in [2.24, 2.45) is 0 Å². The standard InChI is InChI=1S/C35H29F5N2O6/c1-35(2,3)48-34(45)41-29(18-11-5-4-6-12-18)30(32(43)47-31-27(39)25(37)24(36)26(38)28(31)40)42-33(44)46-17-23-21-15-9-7-13-19(21)20-14-8-10-16-22(20)23/h4-16,23,29-30H,17H2,1-3H3,(H,41,45)(H,42,44)/t29-,30+/m1/s1. The monoisotopic (exact) mass is 668 g/mol. The first-order chi connectivity index (χ1) is 22.8. The van der Waals surface area contributed by atoms with Gasteiger partial charge in [0.25, 0.3) is 0 Å². The van der Waals surface area contributed by atoms with Gasteiger partial charge in [-0.15, -0.1) is 0 Å². The quantitative estimate of drug-likeness (QED) is 0.0665. The van der Waals surface area contributed by atoms with Crippen LogP contribution in [-0.4, -0.2) is 36.4 Å². The Hall–Kier alpha value is -5.46. The molecule has 2 atom stereocenters. The maximum Gasteiger partial charge on any atom is 0.408 e. The van der Waals surface area contributed by atoms with E-state index in [-0.39, 0.29) is 12.2 Å². The third kappa shape index (κ3) is 7.09. The second-order valence-electron chi connectivity index (χ2n) is 11.8. The Bertz CT molecular complexity index is 1790. The molecule has 2 N–H and O–H groups in total. The molecule has 0 aliphatic heterocycles. The van der Waals surface area contributed by atoms with Crippen LogP contribution in [-0.2, 0) is 14.3 Å². The molecule has 48 heavy (non-hydrogen) atoms. The molecule has 0 fully saturated rings. The highest BCUT2D eigenvalue weighted by Crippen LogP contribution is 2.44. The summed E-state index contributed by atoms with van der Waals surface area (Å²) < 4.78 is 86.2. The Labute approximate surface area is 271 Å². The third-order valence-corrected chi connectivity index (χ3v) is 7.41. The number of hydrogen-bond donors (Lipinski definition) is 2. The summed E-state index contributed by atoms with van der Waals surface area (Å²) in [6, 6.07) is 18.9. The molecule has 250 valence electrons. The number of carbonyl (C=O) groups excluding carboxylic acids is 3. The number of halogens is 5. The highest BCUT2D eigenvalue weighted by Gasteiger charge is 2.38. The number of rotatable bonds is 8. The Balaban J connectivity index is 1.47. The van der Waals surface area contributed by atoms with Gasteiger partial charge < -0.3 is 24.8 Å². The summed E-state index contributed by atoms with van der Waals surface area (Å²) in [6.07, 6.45) is -2.29. The van der Waals surface area contributed by atoms with Crippen LogP contribution >= 0.6 is 0 Å². The minimum Gasteiger partial charge on any atom is -0.449 e. The van der Waals surface area contributed by atoms with Gasteiger partial charge in [-0.2, -0.15) is 8.78 Å². The summed E-state index contributed by atoms with van der Waals surface area (Å²) in [6.45, 7) is 4.48. The molecule has 8 nitrogen and oxygen atoms in total. The van der Waals surface area contributed by atoms with Crippen LogP contribution < -0.4 is 15.4 Å². The molecule has 4 aromatic carbocycles. The molecule has 0 saturated carbocycles. The molecule has 0 aromatic heterocycles. The number of nitrogens with one attached hydrogen (secondary N) is 2. The van der Waals surface area contributed by atoms with E-state index in [9.17, 15) is 36.3 Å². The molecular formula is C35H29F5N2O6. The molecule has 0 radical (unpaired) electrons.